The first kappa shape index (κ1) is 33.7. The van der Waals surface area contributed by atoms with Gasteiger partial charge in [-0.3, -0.25) is 24.0 Å². The molecule has 2 heterocycles. The summed E-state index contributed by atoms with van der Waals surface area (Å²) in [4.78, 5) is 72.3. The van der Waals surface area contributed by atoms with Crippen molar-refractivity contribution in [2.24, 2.45) is 11.8 Å². The molecular formula is C27H36O16. The summed E-state index contributed by atoms with van der Waals surface area (Å²) in [7, 11) is 1.15. The van der Waals surface area contributed by atoms with Crippen LogP contribution in [-0.2, 0) is 71.4 Å². The van der Waals surface area contributed by atoms with Gasteiger partial charge in [-0.15, -0.1) is 0 Å². The van der Waals surface area contributed by atoms with Gasteiger partial charge < -0.3 is 47.7 Å². The molecule has 1 aliphatic carbocycles. The van der Waals surface area contributed by atoms with E-state index in [4.69, 9.17) is 42.6 Å². The Hall–Kier alpha value is -3.76. The minimum Gasteiger partial charge on any atom is -0.471 e. The van der Waals surface area contributed by atoms with Crippen molar-refractivity contribution in [3.05, 3.63) is 11.8 Å². The fraction of sp³-hybridized carbons (Fsp3) is 0.704. The van der Waals surface area contributed by atoms with E-state index in [9.17, 15) is 33.9 Å². The number of rotatable bonds is 9. The van der Waals surface area contributed by atoms with Crippen LogP contribution in [0.3, 0.4) is 0 Å². The zero-order valence-corrected chi connectivity index (χ0v) is 24.8. The Bertz CT molecular complexity index is 1140. The number of esters is 6. The van der Waals surface area contributed by atoms with Crippen LogP contribution in [0.5, 0.6) is 0 Å². The Kier molecular flexibility index (Phi) is 10.7. The number of aliphatic hydroxyl groups is 1. The quantitative estimate of drug-likeness (QED) is 0.263. The summed E-state index contributed by atoms with van der Waals surface area (Å²) in [5.41, 5.74) is -1.68. The van der Waals surface area contributed by atoms with Crippen LogP contribution in [-0.4, -0.2) is 103 Å². The van der Waals surface area contributed by atoms with Gasteiger partial charge in [0.25, 0.3) is 0 Å². The molecule has 0 amide bonds. The Balaban J connectivity index is 2.06. The van der Waals surface area contributed by atoms with Crippen LogP contribution < -0.4 is 0 Å². The molecule has 16 nitrogen and oxygen atoms in total. The van der Waals surface area contributed by atoms with Crippen molar-refractivity contribution in [1.29, 1.82) is 0 Å². The van der Waals surface area contributed by atoms with Gasteiger partial charge in [0.05, 0.1) is 30.5 Å². The van der Waals surface area contributed by atoms with Gasteiger partial charge in [-0.25, -0.2) is 4.79 Å². The molecular weight excluding hydrogens is 580 g/mol. The molecule has 0 aromatic rings. The molecule has 3 aliphatic rings. The largest absolute Gasteiger partial charge is 0.471 e. The van der Waals surface area contributed by atoms with E-state index < -0.39 is 103 Å². The highest BCUT2D eigenvalue weighted by molar-refractivity contribution is 5.89. The van der Waals surface area contributed by atoms with Gasteiger partial charge in [0.2, 0.25) is 12.6 Å². The predicted octanol–water partition coefficient (Wildman–Crippen LogP) is -0.182. The highest BCUT2D eigenvalue weighted by atomic mass is 16.8. The summed E-state index contributed by atoms with van der Waals surface area (Å²) in [6, 6.07) is 0. The second-order valence-corrected chi connectivity index (χ2v) is 10.5. The van der Waals surface area contributed by atoms with E-state index in [1.165, 1.54) is 13.8 Å². The van der Waals surface area contributed by atoms with Crippen LogP contribution in [0.1, 0.15) is 48.0 Å². The normalized spacial score (nSPS) is 34.8. The zero-order chi connectivity index (χ0) is 32.2. The van der Waals surface area contributed by atoms with Crippen LogP contribution in [0.4, 0.5) is 0 Å². The van der Waals surface area contributed by atoms with E-state index in [0.717, 1.165) is 41.1 Å². The average molecular weight is 617 g/mol. The highest BCUT2D eigenvalue weighted by Crippen LogP contribution is 2.51. The molecule has 16 heteroatoms. The molecule has 1 N–H and O–H groups in total. The summed E-state index contributed by atoms with van der Waals surface area (Å²) >= 11 is 0. The Morgan fingerprint density at radius 1 is 0.837 bits per heavy atom. The third kappa shape index (κ3) is 8.00. The molecule has 1 saturated heterocycles. The Morgan fingerprint density at radius 3 is 1.93 bits per heavy atom. The van der Waals surface area contributed by atoms with Gasteiger partial charge >= 0.3 is 35.8 Å². The van der Waals surface area contributed by atoms with Crippen molar-refractivity contribution in [3.63, 3.8) is 0 Å². The van der Waals surface area contributed by atoms with Crippen molar-refractivity contribution in [2.75, 3.05) is 13.7 Å². The summed E-state index contributed by atoms with van der Waals surface area (Å²) in [5, 5.41) is 11.4. The Morgan fingerprint density at radius 2 is 1.40 bits per heavy atom. The van der Waals surface area contributed by atoms with Gasteiger partial charge in [0, 0.05) is 47.0 Å². The number of methoxy groups -OCH3 is 1. The van der Waals surface area contributed by atoms with Crippen LogP contribution in [0.25, 0.3) is 0 Å². The molecule has 0 unspecified atom stereocenters. The molecule has 2 aliphatic heterocycles. The number of hydrogen-bond acceptors (Lipinski definition) is 16. The maximum atomic E-state index is 12.6. The van der Waals surface area contributed by atoms with E-state index in [2.05, 4.69) is 0 Å². The van der Waals surface area contributed by atoms with E-state index in [-0.39, 0.29) is 12.0 Å². The number of hydrogen-bond donors (Lipinski definition) is 1. The van der Waals surface area contributed by atoms with Gasteiger partial charge in [-0.2, -0.15) is 0 Å². The van der Waals surface area contributed by atoms with E-state index in [1.807, 2.05) is 0 Å². The maximum absolute atomic E-state index is 12.6. The average Bonchev–Trinajstić information content (AvgIpc) is 3.14. The minimum absolute atomic E-state index is 0.0297. The van der Waals surface area contributed by atoms with Crippen LogP contribution in [0.15, 0.2) is 11.8 Å². The number of ether oxygens (including phenoxy) is 9. The van der Waals surface area contributed by atoms with Crippen LogP contribution >= 0.6 is 0 Å². The number of carbonyl (C=O) groups excluding carboxylic acids is 6. The lowest BCUT2D eigenvalue weighted by atomic mass is 9.80. The zero-order valence-electron chi connectivity index (χ0n) is 24.8. The summed E-state index contributed by atoms with van der Waals surface area (Å²) < 4.78 is 49.3. The molecule has 2 fully saturated rings. The SMILES string of the molecule is COC(=O)C1=CO[C@@H](O[C@@H]2O[C@H](COC(C)=O)[C@@H](OC(C)=O)[C@H](OC(C)=O)[C@H]2OC(C)=O)[C@H]2[C@@H]1[C@H](OC(C)=O)C[C@]2(C)O. The third-order valence-electron chi connectivity index (χ3n) is 7.06. The topological polar surface area (TPSA) is 206 Å². The fourth-order valence-corrected chi connectivity index (χ4v) is 5.63. The van der Waals surface area contributed by atoms with Gasteiger partial charge in [0.1, 0.15) is 18.8 Å². The summed E-state index contributed by atoms with van der Waals surface area (Å²) in [5.74, 6) is -6.70. The van der Waals surface area contributed by atoms with Gasteiger partial charge in [-0.05, 0) is 6.92 Å². The van der Waals surface area contributed by atoms with E-state index in [0.29, 0.717) is 0 Å². The third-order valence-corrected chi connectivity index (χ3v) is 7.06. The molecule has 240 valence electrons. The van der Waals surface area contributed by atoms with Crippen molar-refractivity contribution < 1.29 is 76.5 Å². The second-order valence-electron chi connectivity index (χ2n) is 10.5. The summed E-state index contributed by atoms with van der Waals surface area (Å²) in [6.45, 7) is 6.47. The smallest absolute Gasteiger partial charge is 0.337 e. The molecule has 0 radical (unpaired) electrons. The molecule has 0 bridgehead atoms. The van der Waals surface area contributed by atoms with Crippen molar-refractivity contribution in [1.82, 2.24) is 0 Å². The molecule has 1 saturated carbocycles. The van der Waals surface area contributed by atoms with Crippen molar-refractivity contribution in [2.45, 2.75) is 96.7 Å². The summed E-state index contributed by atoms with van der Waals surface area (Å²) in [6.07, 6.45) is -8.92. The minimum atomic E-state index is -1.65. The number of fused-ring (bicyclic) bond motifs is 1. The lowest BCUT2D eigenvalue weighted by molar-refractivity contribution is -0.348. The number of carbonyl (C=O) groups is 6. The first-order valence-electron chi connectivity index (χ1n) is 13.3. The van der Waals surface area contributed by atoms with Gasteiger partial charge in [-0.1, -0.05) is 0 Å². The molecule has 43 heavy (non-hydrogen) atoms. The predicted molar refractivity (Wildman–Crippen MR) is 136 cm³/mol. The first-order chi connectivity index (χ1) is 20.0. The fourth-order valence-electron chi connectivity index (χ4n) is 5.63. The first-order valence-corrected chi connectivity index (χ1v) is 13.3. The second kappa shape index (κ2) is 13.7. The lowest BCUT2D eigenvalue weighted by Crippen LogP contribution is -2.64. The maximum Gasteiger partial charge on any atom is 0.337 e. The van der Waals surface area contributed by atoms with Crippen molar-refractivity contribution >= 4 is 35.8 Å². The lowest BCUT2D eigenvalue weighted by Gasteiger charge is -2.46. The Labute approximate surface area is 246 Å². The molecule has 3 rings (SSSR count). The van der Waals surface area contributed by atoms with Crippen LogP contribution in [0, 0.1) is 11.8 Å². The molecule has 0 aromatic carbocycles. The molecule has 0 aromatic heterocycles. The van der Waals surface area contributed by atoms with Crippen molar-refractivity contribution in [3.8, 4) is 0 Å². The molecule has 10 atom stereocenters. The monoisotopic (exact) mass is 616 g/mol. The molecule has 0 spiro atoms. The van der Waals surface area contributed by atoms with Gasteiger partial charge in [0.15, 0.2) is 18.3 Å². The van der Waals surface area contributed by atoms with Crippen LogP contribution in [0.2, 0.25) is 0 Å². The van der Waals surface area contributed by atoms with E-state index >= 15 is 0 Å². The standard InChI is InChI=1S/C27H36O16/c1-11(28)36-10-18-21(39-13(3)30)22(40-14(4)31)23(41-15(5)32)26(42-18)43-25-20-19(16(9-37-25)24(33)35-7)17(38-12(2)29)8-27(20,6)34/h9,17-23,25-26,34H,8,10H2,1-7H3/t17-,18-,19+,20-,21-,22+,23-,25+,26+,27+/m1/s1. The highest BCUT2D eigenvalue weighted by Gasteiger charge is 2.62. The van der Waals surface area contributed by atoms with E-state index in [1.54, 1.807) is 0 Å².